The van der Waals surface area contributed by atoms with Crippen LogP contribution in [0.1, 0.15) is 16.1 Å². The minimum Gasteiger partial charge on any atom is -0.364 e. The zero-order valence-corrected chi connectivity index (χ0v) is 14.4. The Morgan fingerprint density at radius 3 is 2.33 bits per heavy atom. The largest absolute Gasteiger partial charge is 0.364 e. The van der Waals surface area contributed by atoms with E-state index in [0.29, 0.717) is 24.4 Å². The van der Waals surface area contributed by atoms with Crippen LogP contribution in [0.2, 0.25) is 0 Å². The number of nitrogens with two attached hydrogens (primary N) is 1. The standard InChI is InChI=1S/C20H17N5O2/c21-17(26)15-16-19(24-18(22-15)14-9-5-2-6-10-14)25(20(27)23-16)12-11-13-7-3-1-4-8-13/h1-10H,11-12H2,(H2,21,26)(H,23,27). The van der Waals surface area contributed by atoms with Crippen molar-refractivity contribution in [2.75, 3.05) is 0 Å². The Labute approximate surface area is 154 Å². The Balaban J connectivity index is 1.84. The fourth-order valence-corrected chi connectivity index (χ4v) is 3.02. The number of carbonyl (C=O) groups excluding carboxylic acids is 1. The lowest BCUT2D eigenvalue weighted by atomic mass is 10.1. The minimum atomic E-state index is -0.712. The van der Waals surface area contributed by atoms with Crippen molar-refractivity contribution in [3.05, 3.63) is 82.4 Å². The Kier molecular flexibility index (Phi) is 4.25. The van der Waals surface area contributed by atoms with Gasteiger partial charge in [0, 0.05) is 12.1 Å². The molecule has 0 saturated heterocycles. The monoisotopic (exact) mass is 359 g/mol. The second-order valence-corrected chi connectivity index (χ2v) is 6.14. The maximum atomic E-state index is 12.5. The van der Waals surface area contributed by atoms with Crippen molar-refractivity contribution in [1.29, 1.82) is 0 Å². The number of H-pyrrole nitrogens is 1. The molecule has 0 aliphatic rings. The molecule has 3 N–H and O–H groups in total. The van der Waals surface area contributed by atoms with Gasteiger partial charge in [0.15, 0.2) is 17.2 Å². The van der Waals surface area contributed by atoms with Crippen LogP contribution in [-0.2, 0) is 13.0 Å². The number of primary amides is 1. The summed E-state index contributed by atoms with van der Waals surface area (Å²) < 4.78 is 1.52. The van der Waals surface area contributed by atoms with E-state index in [0.717, 1.165) is 11.1 Å². The van der Waals surface area contributed by atoms with Crippen LogP contribution >= 0.6 is 0 Å². The maximum Gasteiger partial charge on any atom is 0.327 e. The van der Waals surface area contributed by atoms with Gasteiger partial charge in [-0.3, -0.25) is 9.36 Å². The molecule has 0 unspecified atom stereocenters. The fraction of sp³-hybridized carbons (Fsp3) is 0.100. The van der Waals surface area contributed by atoms with Crippen LogP contribution in [0.25, 0.3) is 22.6 Å². The Bertz CT molecular complexity index is 1160. The first-order valence-corrected chi connectivity index (χ1v) is 8.53. The second kappa shape index (κ2) is 6.87. The molecular formula is C20H17N5O2. The van der Waals surface area contributed by atoms with Gasteiger partial charge in [-0.15, -0.1) is 0 Å². The summed E-state index contributed by atoms with van der Waals surface area (Å²) in [6.45, 7) is 0.423. The summed E-state index contributed by atoms with van der Waals surface area (Å²) in [6, 6.07) is 19.1. The van der Waals surface area contributed by atoms with Crippen molar-refractivity contribution in [1.82, 2.24) is 19.5 Å². The Morgan fingerprint density at radius 1 is 1.00 bits per heavy atom. The highest BCUT2D eigenvalue weighted by Gasteiger charge is 2.19. The molecule has 7 nitrogen and oxygen atoms in total. The molecule has 2 aromatic heterocycles. The number of benzene rings is 2. The summed E-state index contributed by atoms with van der Waals surface area (Å²) in [5.41, 5.74) is 7.64. The highest BCUT2D eigenvalue weighted by molar-refractivity contribution is 6.01. The first kappa shape index (κ1) is 16.7. The van der Waals surface area contributed by atoms with Gasteiger partial charge in [0.25, 0.3) is 5.91 Å². The first-order chi connectivity index (χ1) is 13.1. The van der Waals surface area contributed by atoms with Crippen LogP contribution in [-0.4, -0.2) is 25.4 Å². The van der Waals surface area contributed by atoms with Crippen molar-refractivity contribution in [3.8, 4) is 11.4 Å². The molecule has 0 radical (unpaired) electrons. The molecule has 27 heavy (non-hydrogen) atoms. The van der Waals surface area contributed by atoms with Gasteiger partial charge in [0.05, 0.1) is 0 Å². The van der Waals surface area contributed by atoms with Gasteiger partial charge in [0.1, 0.15) is 5.52 Å². The number of nitrogens with one attached hydrogen (secondary N) is 1. The van der Waals surface area contributed by atoms with Gasteiger partial charge >= 0.3 is 5.69 Å². The number of imidazole rings is 1. The zero-order valence-electron chi connectivity index (χ0n) is 14.4. The van der Waals surface area contributed by atoms with E-state index >= 15 is 0 Å². The molecule has 4 rings (SSSR count). The third kappa shape index (κ3) is 3.22. The molecule has 0 saturated carbocycles. The van der Waals surface area contributed by atoms with Crippen molar-refractivity contribution in [2.24, 2.45) is 5.73 Å². The zero-order chi connectivity index (χ0) is 18.8. The first-order valence-electron chi connectivity index (χ1n) is 8.53. The lowest BCUT2D eigenvalue weighted by molar-refractivity contribution is 0.0997. The fourth-order valence-electron chi connectivity index (χ4n) is 3.02. The van der Waals surface area contributed by atoms with E-state index in [1.807, 2.05) is 60.7 Å². The third-order valence-electron chi connectivity index (χ3n) is 4.35. The van der Waals surface area contributed by atoms with Crippen LogP contribution in [0.5, 0.6) is 0 Å². The Hall–Kier alpha value is -3.74. The normalized spacial score (nSPS) is 11.0. The molecule has 1 amide bonds. The summed E-state index contributed by atoms with van der Waals surface area (Å²) >= 11 is 0. The lowest BCUT2D eigenvalue weighted by Crippen LogP contribution is -2.18. The molecule has 134 valence electrons. The number of hydrogen-bond acceptors (Lipinski definition) is 4. The van der Waals surface area contributed by atoms with Crippen LogP contribution in [0.15, 0.2) is 65.5 Å². The molecule has 2 heterocycles. The second-order valence-electron chi connectivity index (χ2n) is 6.14. The van der Waals surface area contributed by atoms with Gasteiger partial charge in [-0.1, -0.05) is 60.7 Å². The predicted molar refractivity (Wildman–Crippen MR) is 102 cm³/mol. The van der Waals surface area contributed by atoms with E-state index in [2.05, 4.69) is 15.0 Å². The number of aromatic nitrogens is 4. The van der Waals surface area contributed by atoms with E-state index in [9.17, 15) is 9.59 Å². The van der Waals surface area contributed by atoms with Crippen molar-refractivity contribution >= 4 is 17.1 Å². The van der Waals surface area contributed by atoms with Crippen LogP contribution in [0.3, 0.4) is 0 Å². The van der Waals surface area contributed by atoms with E-state index in [1.54, 1.807) is 0 Å². The van der Waals surface area contributed by atoms with Gasteiger partial charge in [-0.2, -0.15) is 0 Å². The van der Waals surface area contributed by atoms with Crippen LogP contribution in [0, 0.1) is 0 Å². The summed E-state index contributed by atoms with van der Waals surface area (Å²) in [5.74, 6) is -0.361. The third-order valence-corrected chi connectivity index (χ3v) is 4.35. The average molecular weight is 359 g/mol. The topological polar surface area (TPSA) is 107 Å². The average Bonchev–Trinajstić information content (AvgIpc) is 3.02. The number of carbonyl (C=O) groups is 1. The molecule has 0 aliphatic heterocycles. The SMILES string of the molecule is NC(=O)c1nc(-c2ccccc2)nc2c1[nH]c(=O)n2CCc1ccccc1. The van der Waals surface area contributed by atoms with Crippen molar-refractivity contribution < 1.29 is 4.79 Å². The summed E-state index contributed by atoms with van der Waals surface area (Å²) in [6.07, 6.45) is 0.657. The molecule has 0 bridgehead atoms. The number of aryl methyl sites for hydroxylation is 2. The van der Waals surface area contributed by atoms with Gasteiger partial charge in [-0.05, 0) is 12.0 Å². The summed E-state index contributed by atoms with van der Waals surface area (Å²) in [5, 5.41) is 0. The molecular weight excluding hydrogens is 342 g/mol. The molecule has 0 spiro atoms. The van der Waals surface area contributed by atoms with Gasteiger partial charge in [0.2, 0.25) is 0 Å². The van der Waals surface area contributed by atoms with Crippen molar-refractivity contribution in [2.45, 2.75) is 13.0 Å². The summed E-state index contributed by atoms with van der Waals surface area (Å²) in [4.78, 5) is 35.9. The quantitative estimate of drug-likeness (QED) is 0.569. The highest BCUT2D eigenvalue weighted by Crippen LogP contribution is 2.20. The highest BCUT2D eigenvalue weighted by atomic mass is 16.2. The number of amides is 1. The number of rotatable bonds is 5. The van der Waals surface area contributed by atoms with Crippen molar-refractivity contribution in [3.63, 3.8) is 0 Å². The van der Waals surface area contributed by atoms with Gasteiger partial charge < -0.3 is 10.7 Å². The van der Waals surface area contributed by atoms with E-state index in [1.165, 1.54) is 4.57 Å². The molecule has 4 aromatic rings. The smallest absolute Gasteiger partial charge is 0.327 e. The van der Waals surface area contributed by atoms with E-state index in [4.69, 9.17) is 5.73 Å². The minimum absolute atomic E-state index is 0.00872. The molecule has 7 heteroatoms. The molecule has 0 atom stereocenters. The maximum absolute atomic E-state index is 12.5. The van der Waals surface area contributed by atoms with E-state index in [-0.39, 0.29) is 16.9 Å². The number of fused-ring (bicyclic) bond motifs is 1. The van der Waals surface area contributed by atoms with Crippen LogP contribution in [0.4, 0.5) is 0 Å². The molecule has 0 fully saturated rings. The predicted octanol–water partition coefficient (Wildman–Crippen LogP) is 2.13. The number of nitrogens with zero attached hydrogens (tertiary/aromatic N) is 3. The lowest BCUT2D eigenvalue weighted by Gasteiger charge is -2.06. The number of aromatic amines is 1. The van der Waals surface area contributed by atoms with Crippen LogP contribution < -0.4 is 11.4 Å². The summed E-state index contributed by atoms with van der Waals surface area (Å²) in [7, 11) is 0. The van der Waals surface area contributed by atoms with Gasteiger partial charge in [-0.25, -0.2) is 14.8 Å². The molecule has 0 aliphatic carbocycles. The Morgan fingerprint density at radius 2 is 1.67 bits per heavy atom. The van der Waals surface area contributed by atoms with E-state index < -0.39 is 5.91 Å². The number of hydrogen-bond donors (Lipinski definition) is 2. The molecule has 2 aromatic carbocycles.